The zero-order chi connectivity index (χ0) is 8.67. The van der Waals surface area contributed by atoms with E-state index in [2.05, 4.69) is 36.5 Å². The fourth-order valence-corrected chi connectivity index (χ4v) is 2.84. The number of fused-ring (bicyclic) bond motifs is 3. The molecule has 3 aliphatic rings. The second-order valence-electron chi connectivity index (χ2n) is 4.19. The van der Waals surface area contributed by atoms with E-state index >= 15 is 0 Å². The van der Waals surface area contributed by atoms with Crippen LogP contribution in [0.1, 0.15) is 19.3 Å². The van der Waals surface area contributed by atoms with Crippen molar-refractivity contribution in [2.24, 2.45) is 11.8 Å². The van der Waals surface area contributed by atoms with Crippen LogP contribution in [0.2, 0.25) is 0 Å². The van der Waals surface area contributed by atoms with E-state index in [4.69, 9.17) is 0 Å². The number of rotatable bonds is 0. The predicted molar refractivity (Wildman–Crippen MR) is 55.3 cm³/mol. The maximum Gasteiger partial charge on any atom is -0.00930 e. The number of hydrogen-bond acceptors (Lipinski definition) is 0. The smallest absolute Gasteiger partial charge is 0.00930 e. The summed E-state index contributed by atoms with van der Waals surface area (Å²) >= 11 is 0. The highest BCUT2D eigenvalue weighted by molar-refractivity contribution is 5.52. The predicted octanol–water partition coefficient (Wildman–Crippen LogP) is 3.40. The van der Waals surface area contributed by atoms with Crippen molar-refractivity contribution in [1.29, 1.82) is 0 Å². The van der Waals surface area contributed by atoms with Gasteiger partial charge in [-0.25, -0.2) is 0 Å². The lowest BCUT2D eigenvalue weighted by Gasteiger charge is -2.17. The van der Waals surface area contributed by atoms with E-state index in [1.54, 1.807) is 5.57 Å². The quantitative estimate of drug-likeness (QED) is 0.522. The second-order valence-corrected chi connectivity index (χ2v) is 4.19. The molecule has 13 heavy (non-hydrogen) atoms. The van der Waals surface area contributed by atoms with E-state index in [9.17, 15) is 0 Å². The monoisotopic (exact) mass is 170 g/mol. The van der Waals surface area contributed by atoms with Crippen molar-refractivity contribution < 1.29 is 0 Å². The van der Waals surface area contributed by atoms with E-state index in [0.717, 1.165) is 11.8 Å². The van der Waals surface area contributed by atoms with E-state index in [1.807, 2.05) is 0 Å². The van der Waals surface area contributed by atoms with Gasteiger partial charge in [0.1, 0.15) is 0 Å². The first-order valence-electron chi connectivity index (χ1n) is 5.22. The molecule has 0 heterocycles. The molecule has 3 rings (SSSR count). The molecule has 0 N–H and O–H groups in total. The third-order valence-corrected chi connectivity index (χ3v) is 3.49. The lowest BCUT2D eigenvalue weighted by Crippen LogP contribution is -2.07. The lowest BCUT2D eigenvalue weighted by molar-refractivity contribution is 0.539. The average molecular weight is 170 g/mol. The van der Waals surface area contributed by atoms with E-state index in [-0.39, 0.29) is 0 Å². The van der Waals surface area contributed by atoms with Gasteiger partial charge >= 0.3 is 0 Å². The summed E-state index contributed by atoms with van der Waals surface area (Å²) in [5, 5.41) is 0. The molecule has 2 atom stereocenters. The van der Waals surface area contributed by atoms with Gasteiger partial charge in [-0.3, -0.25) is 0 Å². The summed E-state index contributed by atoms with van der Waals surface area (Å²) in [5.41, 5.74) is 3.04. The van der Waals surface area contributed by atoms with Crippen molar-refractivity contribution in [3.8, 4) is 0 Å². The van der Waals surface area contributed by atoms with Gasteiger partial charge in [-0.05, 0) is 35.8 Å². The molecule has 66 valence electrons. The topological polar surface area (TPSA) is 0 Å². The zero-order valence-electron chi connectivity index (χ0n) is 7.74. The average Bonchev–Trinajstić information content (AvgIpc) is 2.72. The first-order chi connectivity index (χ1) is 6.45. The highest BCUT2D eigenvalue weighted by Crippen LogP contribution is 2.43. The van der Waals surface area contributed by atoms with Gasteiger partial charge in [0.05, 0.1) is 0 Å². The fourth-order valence-electron chi connectivity index (χ4n) is 2.84. The minimum absolute atomic E-state index is 0.819. The molecular formula is C13H14. The van der Waals surface area contributed by atoms with Gasteiger partial charge in [-0.15, -0.1) is 0 Å². The van der Waals surface area contributed by atoms with Gasteiger partial charge in [0.15, 0.2) is 0 Å². The third-order valence-electron chi connectivity index (χ3n) is 3.49. The van der Waals surface area contributed by atoms with Crippen molar-refractivity contribution >= 4 is 0 Å². The Morgan fingerprint density at radius 3 is 3.08 bits per heavy atom. The molecule has 0 nitrogen and oxygen atoms in total. The van der Waals surface area contributed by atoms with Crippen LogP contribution in [0, 0.1) is 11.8 Å². The Balaban J connectivity index is 2.04. The van der Waals surface area contributed by atoms with Gasteiger partial charge in [0.25, 0.3) is 0 Å². The summed E-state index contributed by atoms with van der Waals surface area (Å²) in [6.07, 6.45) is 17.8. The molecule has 0 heteroatoms. The van der Waals surface area contributed by atoms with Crippen molar-refractivity contribution in [2.75, 3.05) is 0 Å². The maximum absolute atomic E-state index is 2.40. The van der Waals surface area contributed by atoms with E-state index in [0.29, 0.717) is 0 Å². The fraction of sp³-hybridized carbons (Fsp3) is 0.385. The first-order valence-corrected chi connectivity index (χ1v) is 5.22. The Morgan fingerprint density at radius 1 is 1.08 bits per heavy atom. The molecule has 2 unspecified atom stereocenters. The molecule has 0 aliphatic heterocycles. The van der Waals surface area contributed by atoms with Gasteiger partial charge in [0, 0.05) is 0 Å². The molecule has 0 amide bonds. The van der Waals surface area contributed by atoms with Crippen LogP contribution >= 0.6 is 0 Å². The Morgan fingerprint density at radius 2 is 2.08 bits per heavy atom. The summed E-state index contributed by atoms with van der Waals surface area (Å²) < 4.78 is 0. The molecule has 1 fully saturated rings. The molecule has 0 radical (unpaired) electrons. The molecule has 0 aromatic carbocycles. The molecule has 0 spiro atoms. The van der Waals surface area contributed by atoms with E-state index in [1.165, 1.54) is 24.8 Å². The summed E-state index contributed by atoms with van der Waals surface area (Å²) in [6, 6.07) is 0. The molecule has 0 aromatic rings. The van der Waals surface area contributed by atoms with Crippen LogP contribution in [0.4, 0.5) is 0 Å². The highest BCUT2D eigenvalue weighted by atomic mass is 14.3. The SMILES string of the molecule is C1=CC2=CC=CC3CCCC3C2=C1. The van der Waals surface area contributed by atoms with Gasteiger partial charge < -0.3 is 0 Å². The Kier molecular flexibility index (Phi) is 1.55. The standard InChI is InChI=1S/C13H14/c1-4-10-6-2-8-12(10)13-9-3-7-11(13)5-1/h1-2,4-6,8,11,13H,3,7,9H2. The molecule has 0 saturated heterocycles. The van der Waals surface area contributed by atoms with Crippen molar-refractivity contribution in [2.45, 2.75) is 19.3 Å². The lowest BCUT2D eigenvalue weighted by atomic mass is 9.87. The minimum atomic E-state index is 0.819. The summed E-state index contributed by atoms with van der Waals surface area (Å²) in [5.74, 6) is 1.64. The van der Waals surface area contributed by atoms with Crippen molar-refractivity contribution in [3.63, 3.8) is 0 Å². The van der Waals surface area contributed by atoms with Crippen LogP contribution in [-0.2, 0) is 0 Å². The molecule has 0 bridgehead atoms. The van der Waals surface area contributed by atoms with Crippen LogP contribution in [0.15, 0.2) is 47.6 Å². The Bertz CT molecular complexity index is 339. The highest BCUT2D eigenvalue weighted by Gasteiger charge is 2.30. The van der Waals surface area contributed by atoms with Crippen molar-refractivity contribution in [3.05, 3.63) is 47.6 Å². The van der Waals surface area contributed by atoms with Gasteiger partial charge in [-0.2, -0.15) is 0 Å². The second kappa shape index (κ2) is 2.73. The van der Waals surface area contributed by atoms with Crippen LogP contribution < -0.4 is 0 Å². The van der Waals surface area contributed by atoms with Crippen molar-refractivity contribution in [1.82, 2.24) is 0 Å². The summed E-state index contributed by atoms with van der Waals surface area (Å²) in [6.45, 7) is 0. The van der Waals surface area contributed by atoms with Gasteiger partial charge in [0.2, 0.25) is 0 Å². The minimum Gasteiger partial charge on any atom is -0.0808 e. The van der Waals surface area contributed by atoms with Crippen LogP contribution in [0.3, 0.4) is 0 Å². The normalized spacial score (nSPS) is 35.1. The Hall–Kier alpha value is -1.04. The maximum atomic E-state index is 2.40. The summed E-state index contributed by atoms with van der Waals surface area (Å²) in [7, 11) is 0. The van der Waals surface area contributed by atoms with Crippen LogP contribution in [-0.4, -0.2) is 0 Å². The molecule has 1 saturated carbocycles. The molecule has 0 aromatic heterocycles. The number of allylic oxidation sites excluding steroid dienone is 8. The molecular weight excluding hydrogens is 156 g/mol. The zero-order valence-corrected chi connectivity index (χ0v) is 7.74. The van der Waals surface area contributed by atoms with Crippen LogP contribution in [0.5, 0.6) is 0 Å². The summed E-state index contributed by atoms with van der Waals surface area (Å²) in [4.78, 5) is 0. The number of hydrogen-bond donors (Lipinski definition) is 0. The first kappa shape index (κ1) is 7.37. The van der Waals surface area contributed by atoms with Gasteiger partial charge in [-0.1, -0.05) is 42.9 Å². The van der Waals surface area contributed by atoms with Crippen LogP contribution in [0.25, 0.3) is 0 Å². The largest absolute Gasteiger partial charge is 0.0808 e. The Labute approximate surface area is 79.3 Å². The molecule has 3 aliphatic carbocycles. The third kappa shape index (κ3) is 1.05. The van der Waals surface area contributed by atoms with E-state index < -0.39 is 0 Å².